The largest absolute Gasteiger partial charge is 0.384 e. The highest BCUT2D eigenvalue weighted by Crippen LogP contribution is 2.26. The summed E-state index contributed by atoms with van der Waals surface area (Å²) in [6.07, 6.45) is 1.07. The fourth-order valence-electron chi connectivity index (χ4n) is 1.57. The molecule has 0 radical (unpaired) electrons. The van der Waals surface area contributed by atoms with Crippen molar-refractivity contribution in [1.82, 2.24) is 0 Å². The lowest BCUT2D eigenvalue weighted by Crippen LogP contribution is -1.92. The first-order valence-electron chi connectivity index (χ1n) is 5.06. The fourth-order valence-corrected chi connectivity index (χ4v) is 1.57. The van der Waals surface area contributed by atoms with E-state index in [-0.39, 0.29) is 0 Å². The summed E-state index contributed by atoms with van der Waals surface area (Å²) in [5.74, 6) is 0.445. The van der Waals surface area contributed by atoms with Crippen molar-refractivity contribution in [2.24, 2.45) is 0 Å². The van der Waals surface area contributed by atoms with Gasteiger partial charge in [-0.05, 0) is 29.5 Å². The van der Waals surface area contributed by atoms with Gasteiger partial charge in [0.2, 0.25) is 0 Å². The van der Waals surface area contributed by atoms with E-state index in [9.17, 15) is 0 Å². The number of hydrogen-bond donors (Lipinski definition) is 1. The van der Waals surface area contributed by atoms with Gasteiger partial charge in [0.25, 0.3) is 0 Å². The molecule has 1 aliphatic rings. The first-order chi connectivity index (χ1) is 6.20. The van der Waals surface area contributed by atoms with E-state index in [0.717, 1.165) is 24.2 Å². The van der Waals surface area contributed by atoms with Crippen LogP contribution in [0.1, 0.15) is 32.3 Å². The molecule has 0 aromatic heterocycles. The molecule has 0 saturated heterocycles. The van der Waals surface area contributed by atoms with Crippen molar-refractivity contribution >= 4 is 5.69 Å². The van der Waals surface area contributed by atoms with Crippen LogP contribution in [0.15, 0.2) is 18.2 Å². The Morgan fingerprint density at radius 1 is 1.50 bits per heavy atom. The Labute approximate surface area is 75.2 Å². The number of benzene rings is 1. The van der Waals surface area contributed by atoms with Gasteiger partial charge in [-0.15, -0.1) is 0 Å². The maximum atomic E-state index is 8.00. The summed E-state index contributed by atoms with van der Waals surface area (Å²) < 4.78 is 8.00. The molecule has 0 amide bonds. The van der Waals surface area contributed by atoms with Gasteiger partial charge < -0.3 is 5.32 Å². The van der Waals surface area contributed by atoms with Gasteiger partial charge >= 0.3 is 0 Å². The van der Waals surface area contributed by atoms with Crippen LogP contribution in [-0.2, 0) is 6.42 Å². The smallest absolute Gasteiger partial charge is 0.0648 e. The van der Waals surface area contributed by atoms with Gasteiger partial charge in [-0.25, -0.2) is 0 Å². The van der Waals surface area contributed by atoms with E-state index < -0.39 is 0 Å². The van der Waals surface area contributed by atoms with Crippen LogP contribution in [0.4, 0.5) is 5.69 Å². The second kappa shape index (κ2) is 2.81. The molecule has 0 spiro atoms. The van der Waals surface area contributed by atoms with Crippen molar-refractivity contribution < 1.29 is 1.37 Å². The van der Waals surface area contributed by atoms with E-state index in [1.165, 1.54) is 5.56 Å². The van der Waals surface area contributed by atoms with Crippen LogP contribution in [0.2, 0.25) is 0 Å². The van der Waals surface area contributed by atoms with E-state index in [2.05, 4.69) is 31.3 Å². The molecule has 1 N–H and O–H groups in total. The molecule has 0 aliphatic carbocycles. The van der Waals surface area contributed by atoms with Crippen molar-refractivity contribution in [3.8, 4) is 0 Å². The molecule has 1 aromatic carbocycles. The Kier molecular flexibility index (Phi) is 1.53. The van der Waals surface area contributed by atoms with Gasteiger partial charge in [-0.3, -0.25) is 0 Å². The lowest BCUT2D eigenvalue weighted by Gasteiger charge is -2.07. The van der Waals surface area contributed by atoms with Gasteiger partial charge in [0.05, 0.1) is 1.37 Å². The molecule has 1 aliphatic heterocycles. The lowest BCUT2D eigenvalue weighted by molar-refractivity contribution is 0.867. The maximum absolute atomic E-state index is 8.00. The topological polar surface area (TPSA) is 12.0 Å². The maximum Gasteiger partial charge on any atom is 0.0648 e. The minimum Gasteiger partial charge on any atom is -0.384 e. The molecule has 0 saturated carbocycles. The molecular weight excluding hydrogens is 146 g/mol. The Hall–Kier alpha value is -0.980. The number of rotatable bonds is 1. The van der Waals surface area contributed by atoms with Crippen LogP contribution < -0.4 is 5.32 Å². The molecule has 0 atom stereocenters. The highest BCUT2D eigenvalue weighted by atomic mass is 14.9. The predicted octanol–water partition coefficient (Wildman–Crippen LogP) is 2.78. The van der Waals surface area contributed by atoms with E-state index >= 15 is 0 Å². The zero-order valence-corrected chi connectivity index (χ0v) is 7.65. The summed E-state index contributed by atoms with van der Waals surface area (Å²) in [4.78, 5) is 0. The molecule has 1 heteroatoms. The van der Waals surface area contributed by atoms with Gasteiger partial charge in [0, 0.05) is 12.2 Å². The monoisotopic (exact) mass is 163 g/mol. The summed E-state index contributed by atoms with van der Waals surface area (Å²) in [5.41, 5.74) is 3.51. The van der Waals surface area contributed by atoms with Crippen LogP contribution in [-0.4, -0.2) is 6.54 Å². The minimum absolute atomic E-state index is 0.445. The fraction of sp³-hybridized carbons (Fsp3) is 0.455. The Balaban J connectivity index is 2.52. The third-order valence-electron chi connectivity index (χ3n) is 2.37. The standard InChI is InChI=1S/C11H15N/c1-8(2)10-4-3-9-5-6-12-11(9)7-10/h3-4,7-8,12H,5-6H2,1-2H3/i7T. The van der Waals surface area contributed by atoms with Crippen LogP contribution in [0.25, 0.3) is 0 Å². The first kappa shape index (κ1) is 6.53. The molecule has 64 valence electrons. The van der Waals surface area contributed by atoms with Crippen molar-refractivity contribution in [2.45, 2.75) is 26.2 Å². The predicted molar refractivity (Wildman–Crippen MR) is 52.7 cm³/mol. The van der Waals surface area contributed by atoms with Gasteiger partial charge in [-0.2, -0.15) is 0 Å². The molecule has 0 bridgehead atoms. The molecule has 1 nitrogen and oxygen atoms in total. The summed E-state index contributed by atoms with van der Waals surface area (Å²) in [6, 6.07) is 4.95. The summed E-state index contributed by atoms with van der Waals surface area (Å²) in [5, 5.41) is 3.28. The quantitative estimate of drug-likeness (QED) is 0.671. The lowest BCUT2D eigenvalue weighted by atomic mass is 10.0. The highest BCUT2D eigenvalue weighted by Gasteiger charge is 2.10. The normalized spacial score (nSPS) is 15.8. The summed E-state index contributed by atoms with van der Waals surface area (Å²) >= 11 is 0. The summed E-state index contributed by atoms with van der Waals surface area (Å²) in [6.45, 7) is 5.26. The molecular formula is C11H15N. The molecule has 1 heterocycles. The first-order valence-corrected chi connectivity index (χ1v) is 4.56. The Morgan fingerprint density at radius 2 is 2.33 bits per heavy atom. The molecule has 1 aromatic rings. The molecule has 2 rings (SSSR count). The van der Waals surface area contributed by atoms with Crippen molar-refractivity contribution in [2.75, 3.05) is 11.9 Å². The van der Waals surface area contributed by atoms with E-state index in [1.807, 2.05) is 0 Å². The van der Waals surface area contributed by atoms with Crippen LogP contribution in [0.3, 0.4) is 0 Å². The molecule has 0 fully saturated rings. The van der Waals surface area contributed by atoms with Gasteiger partial charge in [-0.1, -0.05) is 26.0 Å². The molecule has 12 heavy (non-hydrogen) atoms. The van der Waals surface area contributed by atoms with Crippen LogP contribution in [0, 0.1) is 0 Å². The van der Waals surface area contributed by atoms with Crippen molar-refractivity contribution in [3.05, 3.63) is 29.3 Å². The number of anilines is 1. The third kappa shape index (κ3) is 1.20. The Bertz CT molecular complexity index is 331. The van der Waals surface area contributed by atoms with E-state index in [4.69, 9.17) is 1.37 Å². The zero-order chi connectivity index (χ0) is 9.42. The highest BCUT2D eigenvalue weighted by molar-refractivity contribution is 5.57. The average Bonchev–Trinajstić information content (AvgIpc) is 2.52. The van der Waals surface area contributed by atoms with Crippen molar-refractivity contribution in [1.29, 1.82) is 0 Å². The number of fused-ring (bicyclic) bond motifs is 1. The average molecular weight is 163 g/mol. The van der Waals surface area contributed by atoms with Crippen LogP contribution in [0.5, 0.6) is 0 Å². The molecule has 0 unspecified atom stereocenters. The van der Waals surface area contributed by atoms with Gasteiger partial charge in [0.15, 0.2) is 0 Å². The second-order valence-electron chi connectivity index (χ2n) is 3.65. The minimum atomic E-state index is 0.445. The SMILES string of the molecule is [3H]c1c(C(C)C)ccc2c1NCC2. The second-order valence-corrected chi connectivity index (χ2v) is 3.65. The zero-order valence-electron chi connectivity index (χ0n) is 8.65. The Morgan fingerprint density at radius 3 is 3.08 bits per heavy atom. The van der Waals surface area contributed by atoms with E-state index in [0.29, 0.717) is 12.0 Å². The number of hydrogen-bond acceptors (Lipinski definition) is 1. The van der Waals surface area contributed by atoms with Gasteiger partial charge in [0.1, 0.15) is 0 Å². The summed E-state index contributed by atoms with van der Waals surface area (Å²) in [7, 11) is 0. The number of nitrogens with one attached hydrogen (secondary N) is 1. The third-order valence-corrected chi connectivity index (χ3v) is 2.37. The van der Waals surface area contributed by atoms with Crippen LogP contribution >= 0.6 is 0 Å². The van der Waals surface area contributed by atoms with Crippen molar-refractivity contribution in [3.63, 3.8) is 0 Å². The van der Waals surface area contributed by atoms with E-state index in [1.54, 1.807) is 0 Å².